The molecule has 2 saturated heterocycles. The summed E-state index contributed by atoms with van der Waals surface area (Å²) in [6.45, 7) is 1.62. The van der Waals surface area contributed by atoms with Gasteiger partial charge in [-0.05, 0) is 29.0 Å². The second-order valence-electron chi connectivity index (χ2n) is 9.28. The van der Waals surface area contributed by atoms with Crippen LogP contribution < -0.4 is 9.80 Å². The Labute approximate surface area is 218 Å². The Morgan fingerprint density at radius 1 is 1.00 bits per heavy atom. The molecule has 2 heterocycles. The minimum absolute atomic E-state index is 0.0278. The van der Waals surface area contributed by atoms with Gasteiger partial charge in [-0.1, -0.05) is 42.5 Å². The lowest BCUT2D eigenvalue weighted by Gasteiger charge is -2.32. The van der Waals surface area contributed by atoms with E-state index in [4.69, 9.17) is 9.47 Å². The van der Waals surface area contributed by atoms with Gasteiger partial charge in [0.1, 0.15) is 11.9 Å². The third kappa shape index (κ3) is 5.46. The van der Waals surface area contributed by atoms with Gasteiger partial charge in [0.15, 0.2) is 5.78 Å². The zero-order chi connectivity index (χ0) is 26.6. The standard InChI is InChI=1S/C28H28FN3O6/c29-23-6-3-7-24(27(23)30-12-14-37-15-13-30)31-17-22(38-28(31)35)18-32(36)26(34)11-10-25(33)21-9-8-19-4-1-2-5-20(19)16-21/h1-9,16,22,36H,10-15,17-18H2/t22-/m0/s1. The first-order valence-corrected chi connectivity index (χ1v) is 12.5. The first-order valence-electron chi connectivity index (χ1n) is 12.5. The number of hydrogen-bond donors (Lipinski definition) is 1. The molecule has 0 spiro atoms. The summed E-state index contributed by atoms with van der Waals surface area (Å²) >= 11 is 0. The topological polar surface area (TPSA) is 99.6 Å². The molecule has 0 bridgehead atoms. The number of Topliss-reactive ketones (excluding diaryl/α,β-unsaturated/α-hetero) is 1. The molecule has 0 saturated carbocycles. The molecular formula is C28H28FN3O6. The molecule has 0 radical (unpaired) electrons. The molecule has 2 fully saturated rings. The molecule has 0 aliphatic carbocycles. The number of morpholine rings is 1. The second kappa shape index (κ2) is 11.2. The minimum Gasteiger partial charge on any atom is -0.442 e. The van der Waals surface area contributed by atoms with Gasteiger partial charge in [0.25, 0.3) is 0 Å². The fourth-order valence-corrected chi connectivity index (χ4v) is 4.79. The normalized spacial score (nSPS) is 17.5. The Kier molecular flexibility index (Phi) is 7.52. The van der Waals surface area contributed by atoms with E-state index in [9.17, 15) is 24.0 Å². The van der Waals surface area contributed by atoms with Crippen molar-refractivity contribution in [2.75, 3.05) is 49.2 Å². The number of rotatable bonds is 8. The van der Waals surface area contributed by atoms with E-state index in [-0.39, 0.29) is 37.4 Å². The van der Waals surface area contributed by atoms with Crippen molar-refractivity contribution < 1.29 is 33.5 Å². The van der Waals surface area contributed by atoms with Crippen molar-refractivity contribution >= 4 is 39.9 Å². The number of anilines is 2. The Morgan fingerprint density at radius 2 is 1.76 bits per heavy atom. The van der Waals surface area contributed by atoms with Crippen LogP contribution in [0.1, 0.15) is 23.2 Å². The molecule has 2 amide bonds. The molecule has 3 aromatic carbocycles. The smallest absolute Gasteiger partial charge is 0.414 e. The van der Waals surface area contributed by atoms with Gasteiger partial charge < -0.3 is 14.4 Å². The Bertz CT molecular complexity index is 1360. The van der Waals surface area contributed by atoms with E-state index in [0.717, 1.165) is 10.8 Å². The van der Waals surface area contributed by atoms with Crippen molar-refractivity contribution in [3.63, 3.8) is 0 Å². The number of cyclic esters (lactones) is 1. The summed E-state index contributed by atoms with van der Waals surface area (Å²) in [7, 11) is 0. The first-order chi connectivity index (χ1) is 18.4. The number of ether oxygens (including phenoxy) is 2. The van der Waals surface area contributed by atoms with Crippen molar-refractivity contribution in [3.05, 3.63) is 72.0 Å². The molecular weight excluding hydrogens is 493 g/mol. The van der Waals surface area contributed by atoms with E-state index in [1.54, 1.807) is 18.2 Å². The number of hydroxylamine groups is 2. The zero-order valence-electron chi connectivity index (χ0n) is 20.7. The van der Waals surface area contributed by atoms with Gasteiger partial charge in [-0.15, -0.1) is 0 Å². The van der Waals surface area contributed by atoms with Gasteiger partial charge in [0.05, 0.1) is 37.7 Å². The van der Waals surface area contributed by atoms with Crippen molar-refractivity contribution in [1.82, 2.24) is 5.06 Å². The number of amides is 2. The van der Waals surface area contributed by atoms with Crippen LogP contribution in [-0.4, -0.2) is 73.6 Å². The summed E-state index contributed by atoms with van der Waals surface area (Å²) in [5, 5.41) is 12.7. The number of carbonyl (C=O) groups excluding carboxylic acids is 3. The number of hydrogen-bond acceptors (Lipinski definition) is 7. The van der Waals surface area contributed by atoms with Gasteiger partial charge in [-0.25, -0.2) is 14.2 Å². The molecule has 0 unspecified atom stereocenters. The van der Waals surface area contributed by atoms with E-state index >= 15 is 0 Å². The van der Waals surface area contributed by atoms with E-state index in [2.05, 4.69) is 0 Å². The Hall–Kier alpha value is -4.02. The molecule has 9 nitrogen and oxygen atoms in total. The minimum atomic E-state index is -0.826. The van der Waals surface area contributed by atoms with Gasteiger partial charge in [-0.3, -0.25) is 19.7 Å². The lowest BCUT2D eigenvalue weighted by Crippen LogP contribution is -2.39. The van der Waals surface area contributed by atoms with E-state index in [0.29, 0.717) is 42.6 Å². The summed E-state index contributed by atoms with van der Waals surface area (Å²) in [6, 6.07) is 17.5. The van der Waals surface area contributed by atoms with Gasteiger partial charge in [0, 0.05) is 31.5 Å². The summed E-state index contributed by atoms with van der Waals surface area (Å²) < 4.78 is 25.5. The number of halogens is 1. The number of ketones is 1. The third-order valence-electron chi connectivity index (χ3n) is 6.76. The van der Waals surface area contributed by atoms with Crippen molar-refractivity contribution in [3.8, 4) is 0 Å². The predicted molar refractivity (Wildman–Crippen MR) is 138 cm³/mol. The summed E-state index contributed by atoms with van der Waals surface area (Å²) in [4.78, 5) is 40.9. The largest absolute Gasteiger partial charge is 0.442 e. The monoisotopic (exact) mass is 521 g/mol. The molecule has 1 N–H and O–H groups in total. The molecule has 1 atom stereocenters. The predicted octanol–water partition coefficient (Wildman–Crippen LogP) is 4.02. The van der Waals surface area contributed by atoms with Crippen molar-refractivity contribution in [1.29, 1.82) is 0 Å². The maximum absolute atomic E-state index is 14.8. The van der Waals surface area contributed by atoms with Crippen LogP contribution in [0.25, 0.3) is 10.8 Å². The number of carbonyl (C=O) groups is 3. The Balaban J connectivity index is 1.18. The summed E-state index contributed by atoms with van der Waals surface area (Å²) in [6.07, 6.45) is -1.79. The van der Waals surface area contributed by atoms with E-state index in [1.807, 2.05) is 35.2 Å². The number of para-hydroxylation sites is 1. The van der Waals surface area contributed by atoms with Crippen molar-refractivity contribution in [2.24, 2.45) is 0 Å². The third-order valence-corrected chi connectivity index (χ3v) is 6.76. The summed E-state index contributed by atoms with van der Waals surface area (Å²) in [5.41, 5.74) is 1.14. The van der Waals surface area contributed by atoms with Gasteiger partial charge >= 0.3 is 6.09 Å². The highest BCUT2D eigenvalue weighted by Crippen LogP contribution is 2.35. The van der Waals surface area contributed by atoms with Crippen LogP contribution >= 0.6 is 0 Å². The van der Waals surface area contributed by atoms with Crippen molar-refractivity contribution in [2.45, 2.75) is 18.9 Å². The lowest BCUT2D eigenvalue weighted by atomic mass is 10.0. The molecule has 198 valence electrons. The van der Waals surface area contributed by atoms with Crippen LogP contribution in [0, 0.1) is 5.82 Å². The number of benzene rings is 3. The highest BCUT2D eigenvalue weighted by molar-refractivity contribution is 6.01. The van der Waals surface area contributed by atoms with Crippen LogP contribution in [0.3, 0.4) is 0 Å². The molecule has 10 heteroatoms. The fourth-order valence-electron chi connectivity index (χ4n) is 4.79. The van der Waals surface area contributed by atoms with Crippen LogP contribution in [0.4, 0.5) is 20.6 Å². The summed E-state index contributed by atoms with van der Waals surface area (Å²) in [5.74, 6) is -1.33. The van der Waals surface area contributed by atoms with Crippen LogP contribution in [0.5, 0.6) is 0 Å². The van der Waals surface area contributed by atoms with Gasteiger partial charge in [0.2, 0.25) is 5.91 Å². The molecule has 0 aromatic heterocycles. The number of nitrogens with zero attached hydrogens (tertiary/aromatic N) is 3. The molecule has 2 aliphatic heterocycles. The first kappa shape index (κ1) is 25.6. The average Bonchev–Trinajstić information content (AvgIpc) is 3.30. The average molecular weight is 522 g/mol. The maximum Gasteiger partial charge on any atom is 0.414 e. The number of fused-ring (bicyclic) bond motifs is 1. The quantitative estimate of drug-likeness (QED) is 0.272. The van der Waals surface area contributed by atoms with Gasteiger partial charge in [-0.2, -0.15) is 0 Å². The molecule has 38 heavy (non-hydrogen) atoms. The van der Waals surface area contributed by atoms with E-state index in [1.165, 1.54) is 17.0 Å². The SMILES string of the molecule is O=C(CCC(=O)N(O)C[C@@H]1CN(c2cccc(F)c2N2CCOCC2)C(=O)O1)c1ccc2ccccc2c1. The zero-order valence-corrected chi connectivity index (χ0v) is 20.7. The second-order valence-corrected chi connectivity index (χ2v) is 9.28. The lowest BCUT2D eigenvalue weighted by molar-refractivity contribution is -0.169. The van der Waals surface area contributed by atoms with Crippen LogP contribution in [0.15, 0.2) is 60.7 Å². The highest BCUT2D eigenvalue weighted by Gasteiger charge is 2.37. The van der Waals surface area contributed by atoms with E-state index < -0.39 is 23.9 Å². The maximum atomic E-state index is 14.8. The molecule has 5 rings (SSSR count). The molecule has 2 aliphatic rings. The van der Waals surface area contributed by atoms with Crippen LogP contribution in [-0.2, 0) is 14.3 Å². The molecule has 3 aromatic rings. The van der Waals surface area contributed by atoms with Crippen LogP contribution in [0.2, 0.25) is 0 Å². The highest BCUT2D eigenvalue weighted by atomic mass is 19.1. The fraction of sp³-hybridized carbons (Fsp3) is 0.321. The Morgan fingerprint density at radius 3 is 2.55 bits per heavy atom.